The lowest BCUT2D eigenvalue weighted by Gasteiger charge is -2.38. The molecule has 0 aromatic heterocycles. The Labute approximate surface area is 208 Å². The van der Waals surface area contributed by atoms with E-state index < -0.39 is 23.3 Å². The average Bonchev–Trinajstić information content (AvgIpc) is 2.82. The fourth-order valence-corrected chi connectivity index (χ4v) is 5.02. The van der Waals surface area contributed by atoms with Crippen molar-refractivity contribution in [2.45, 2.75) is 22.9 Å². The second-order valence-corrected chi connectivity index (χ2v) is 9.31. The molecule has 1 amide bonds. The normalized spacial score (nSPS) is 15.5. The van der Waals surface area contributed by atoms with Crippen molar-refractivity contribution in [2.75, 3.05) is 20.8 Å². The van der Waals surface area contributed by atoms with Gasteiger partial charge in [0.15, 0.2) is 11.5 Å². The lowest BCUT2D eigenvalue weighted by Crippen LogP contribution is -2.41. The highest BCUT2D eigenvalue weighted by atomic mass is 35.5. The molecule has 0 spiro atoms. The van der Waals surface area contributed by atoms with Crippen LogP contribution in [0.4, 0.5) is 17.6 Å². The van der Waals surface area contributed by atoms with E-state index in [1.807, 2.05) is 0 Å². The second-order valence-electron chi connectivity index (χ2n) is 7.76. The van der Waals surface area contributed by atoms with E-state index in [0.29, 0.717) is 23.5 Å². The van der Waals surface area contributed by atoms with Gasteiger partial charge in [-0.3, -0.25) is 4.79 Å². The molecular formula is C25H20ClF4NO3S. The van der Waals surface area contributed by atoms with Gasteiger partial charge >= 0.3 is 5.51 Å². The van der Waals surface area contributed by atoms with Gasteiger partial charge in [-0.05, 0) is 77.8 Å². The third kappa shape index (κ3) is 5.21. The molecule has 1 atom stereocenters. The van der Waals surface area contributed by atoms with Crippen molar-refractivity contribution in [3.63, 3.8) is 0 Å². The van der Waals surface area contributed by atoms with Crippen LogP contribution in [-0.4, -0.2) is 37.1 Å². The number of carbonyl (C=O) groups is 1. The fourth-order valence-electron chi connectivity index (χ4n) is 4.21. The molecule has 0 N–H and O–H groups in total. The number of fused-ring (bicyclic) bond motifs is 1. The van der Waals surface area contributed by atoms with E-state index >= 15 is 4.39 Å². The highest BCUT2D eigenvalue weighted by molar-refractivity contribution is 8.00. The SMILES string of the molecule is COc1cc2c(cc1OC)[C@@H](c1c(F)cccc1Cl)N(C(=O)c1ccc(SC(F)(F)F)cc1)CC2. The second kappa shape index (κ2) is 9.99. The summed E-state index contributed by atoms with van der Waals surface area (Å²) in [7, 11) is 2.98. The van der Waals surface area contributed by atoms with E-state index in [1.165, 1.54) is 55.5 Å². The Balaban J connectivity index is 1.80. The zero-order valence-electron chi connectivity index (χ0n) is 18.7. The zero-order chi connectivity index (χ0) is 25.3. The summed E-state index contributed by atoms with van der Waals surface area (Å²) < 4.78 is 64.0. The first kappa shape index (κ1) is 25.2. The van der Waals surface area contributed by atoms with Crippen molar-refractivity contribution in [1.82, 2.24) is 4.90 Å². The highest BCUT2D eigenvalue weighted by Gasteiger charge is 2.37. The van der Waals surface area contributed by atoms with Crippen molar-refractivity contribution in [1.29, 1.82) is 0 Å². The summed E-state index contributed by atoms with van der Waals surface area (Å²) in [5.41, 5.74) is -2.67. The maximum atomic E-state index is 15.1. The van der Waals surface area contributed by atoms with E-state index in [4.69, 9.17) is 21.1 Å². The third-order valence-corrected chi connectivity index (χ3v) is 6.81. The maximum absolute atomic E-state index is 15.1. The Morgan fingerprint density at radius 1 is 1.06 bits per heavy atom. The van der Waals surface area contributed by atoms with Gasteiger partial charge in [0.05, 0.1) is 20.3 Å². The van der Waals surface area contributed by atoms with Crippen molar-refractivity contribution in [3.8, 4) is 11.5 Å². The summed E-state index contributed by atoms with van der Waals surface area (Å²) >= 11 is 6.16. The predicted octanol–water partition coefficient (Wildman–Crippen LogP) is 6.90. The average molecular weight is 526 g/mol. The summed E-state index contributed by atoms with van der Waals surface area (Å²) in [6, 6.07) is 12.0. The quantitative estimate of drug-likeness (QED) is 0.268. The molecule has 1 aliphatic heterocycles. The fraction of sp³-hybridized carbons (Fsp3) is 0.240. The number of hydrogen-bond donors (Lipinski definition) is 0. The summed E-state index contributed by atoms with van der Waals surface area (Å²) in [6.07, 6.45) is 0.450. The number of benzene rings is 3. The van der Waals surface area contributed by atoms with E-state index in [2.05, 4.69) is 0 Å². The maximum Gasteiger partial charge on any atom is 0.446 e. The van der Waals surface area contributed by atoms with Crippen LogP contribution in [-0.2, 0) is 6.42 Å². The molecule has 0 saturated carbocycles. The minimum Gasteiger partial charge on any atom is -0.493 e. The topological polar surface area (TPSA) is 38.8 Å². The number of nitrogens with zero attached hydrogens (tertiary/aromatic N) is 1. The lowest BCUT2D eigenvalue weighted by molar-refractivity contribution is -0.0328. The summed E-state index contributed by atoms with van der Waals surface area (Å²) in [5.74, 6) is -0.133. The molecular weight excluding hydrogens is 506 g/mol. The molecule has 35 heavy (non-hydrogen) atoms. The van der Waals surface area contributed by atoms with E-state index in [1.54, 1.807) is 18.2 Å². The van der Waals surface area contributed by atoms with Crippen LogP contribution in [0.1, 0.15) is 33.1 Å². The number of ether oxygens (including phenoxy) is 2. The van der Waals surface area contributed by atoms with Crippen LogP contribution in [0.15, 0.2) is 59.5 Å². The Bertz CT molecular complexity index is 1230. The minimum absolute atomic E-state index is 0.0384. The number of rotatable bonds is 5. The Morgan fingerprint density at radius 3 is 2.31 bits per heavy atom. The van der Waals surface area contributed by atoms with E-state index in [9.17, 15) is 18.0 Å². The molecule has 0 saturated heterocycles. The largest absolute Gasteiger partial charge is 0.493 e. The van der Waals surface area contributed by atoms with Crippen LogP contribution in [0, 0.1) is 5.82 Å². The van der Waals surface area contributed by atoms with Gasteiger partial charge in [-0.2, -0.15) is 13.2 Å². The molecule has 1 heterocycles. The summed E-state index contributed by atoms with van der Waals surface area (Å²) in [5, 5.41) is 0.146. The van der Waals surface area contributed by atoms with E-state index in [0.717, 1.165) is 5.56 Å². The third-order valence-electron chi connectivity index (χ3n) is 5.74. The molecule has 0 radical (unpaired) electrons. The Hall–Kier alpha value is -2.91. The van der Waals surface area contributed by atoms with Gasteiger partial charge in [0.2, 0.25) is 0 Å². The molecule has 184 valence electrons. The van der Waals surface area contributed by atoms with Gasteiger partial charge in [0.25, 0.3) is 5.91 Å². The first-order valence-corrected chi connectivity index (χ1v) is 11.7. The van der Waals surface area contributed by atoms with Crippen molar-refractivity contribution < 1.29 is 31.8 Å². The molecule has 1 aliphatic rings. The van der Waals surface area contributed by atoms with Crippen molar-refractivity contribution >= 4 is 29.3 Å². The van der Waals surface area contributed by atoms with E-state index in [-0.39, 0.29) is 39.4 Å². The van der Waals surface area contributed by atoms with Crippen LogP contribution in [0.2, 0.25) is 5.02 Å². The number of carbonyl (C=O) groups excluding carboxylic acids is 1. The molecule has 3 aromatic rings. The predicted molar refractivity (Wildman–Crippen MR) is 126 cm³/mol. The van der Waals surface area contributed by atoms with Crippen molar-refractivity contribution in [3.05, 3.63) is 87.7 Å². The van der Waals surface area contributed by atoms with Crippen LogP contribution in [0.25, 0.3) is 0 Å². The first-order valence-electron chi connectivity index (χ1n) is 10.5. The standard InChI is InChI=1S/C25H20ClF4NO3S/c1-33-20-12-15-10-11-31(24(32)14-6-8-16(9-7-14)35-25(28,29)30)23(17(15)13-21(20)34-2)22-18(26)4-3-5-19(22)27/h3-9,12-13,23H,10-11H2,1-2H3/t23-/m0/s1. The van der Waals surface area contributed by atoms with Gasteiger partial charge in [0, 0.05) is 27.6 Å². The van der Waals surface area contributed by atoms with Crippen LogP contribution >= 0.6 is 23.4 Å². The zero-order valence-corrected chi connectivity index (χ0v) is 20.2. The Kier molecular flexibility index (Phi) is 7.19. The van der Waals surface area contributed by atoms with Crippen LogP contribution in [0.3, 0.4) is 0 Å². The molecule has 0 aliphatic carbocycles. The molecule has 0 unspecified atom stereocenters. The number of amides is 1. The van der Waals surface area contributed by atoms with Crippen LogP contribution in [0.5, 0.6) is 11.5 Å². The van der Waals surface area contributed by atoms with Crippen LogP contribution < -0.4 is 9.47 Å². The number of hydrogen-bond acceptors (Lipinski definition) is 4. The van der Waals surface area contributed by atoms with Gasteiger partial charge in [-0.1, -0.05) is 17.7 Å². The lowest BCUT2D eigenvalue weighted by atomic mass is 9.87. The Morgan fingerprint density at radius 2 is 1.71 bits per heavy atom. The highest BCUT2D eigenvalue weighted by Crippen LogP contribution is 2.44. The van der Waals surface area contributed by atoms with Gasteiger partial charge in [-0.25, -0.2) is 4.39 Å². The minimum atomic E-state index is -4.44. The first-order chi connectivity index (χ1) is 16.6. The monoisotopic (exact) mass is 525 g/mol. The molecule has 4 nitrogen and oxygen atoms in total. The number of alkyl halides is 3. The molecule has 4 rings (SSSR count). The number of thioether (sulfide) groups is 1. The van der Waals surface area contributed by atoms with Gasteiger partial charge < -0.3 is 14.4 Å². The number of halogens is 5. The number of methoxy groups -OCH3 is 2. The molecule has 0 bridgehead atoms. The summed E-state index contributed by atoms with van der Waals surface area (Å²) in [6.45, 7) is 0.232. The smallest absolute Gasteiger partial charge is 0.446 e. The summed E-state index contributed by atoms with van der Waals surface area (Å²) in [4.78, 5) is 15.0. The van der Waals surface area contributed by atoms with Crippen molar-refractivity contribution in [2.24, 2.45) is 0 Å². The molecule has 0 fully saturated rings. The van der Waals surface area contributed by atoms with Gasteiger partial charge in [0.1, 0.15) is 5.82 Å². The van der Waals surface area contributed by atoms with Gasteiger partial charge in [-0.15, -0.1) is 0 Å². The molecule has 3 aromatic carbocycles. The molecule has 10 heteroatoms.